The van der Waals surface area contributed by atoms with Crippen LogP contribution in [0.25, 0.3) is 0 Å². The van der Waals surface area contributed by atoms with Crippen molar-refractivity contribution in [3.8, 4) is 0 Å². The van der Waals surface area contributed by atoms with Crippen molar-refractivity contribution in [1.29, 1.82) is 0 Å². The highest BCUT2D eigenvalue weighted by Gasteiger charge is 2.42. The first-order chi connectivity index (χ1) is 13.1. The zero-order valence-electron chi connectivity index (χ0n) is 15.5. The maximum absolute atomic E-state index is 12.5. The third-order valence-electron chi connectivity index (χ3n) is 5.34. The molecule has 0 saturated heterocycles. The quantitative estimate of drug-likeness (QED) is 0.704. The summed E-state index contributed by atoms with van der Waals surface area (Å²) < 4.78 is 0. The van der Waals surface area contributed by atoms with E-state index in [1.165, 1.54) is 25.7 Å². The SMILES string of the molecule is Cc1ccc(NC(=O)c2ccccc2)cc1NC(=O)NC(C1CC1)C1CC1. The summed E-state index contributed by atoms with van der Waals surface area (Å²) in [6.07, 6.45) is 4.89. The van der Waals surface area contributed by atoms with E-state index in [1.807, 2.05) is 37.3 Å². The Hall–Kier alpha value is -2.82. The highest BCUT2D eigenvalue weighted by Crippen LogP contribution is 2.44. The first kappa shape index (κ1) is 17.6. The predicted octanol–water partition coefficient (Wildman–Crippen LogP) is 4.56. The number of anilines is 2. The van der Waals surface area contributed by atoms with E-state index in [-0.39, 0.29) is 11.9 Å². The molecule has 3 amide bonds. The largest absolute Gasteiger partial charge is 0.335 e. The molecule has 2 fully saturated rings. The van der Waals surface area contributed by atoms with Crippen LogP contribution in [0.4, 0.5) is 16.2 Å². The molecule has 2 aromatic carbocycles. The topological polar surface area (TPSA) is 70.2 Å². The van der Waals surface area contributed by atoms with Crippen LogP contribution in [0.5, 0.6) is 0 Å². The van der Waals surface area contributed by atoms with E-state index < -0.39 is 0 Å². The van der Waals surface area contributed by atoms with Gasteiger partial charge in [0.2, 0.25) is 0 Å². The fourth-order valence-corrected chi connectivity index (χ4v) is 3.47. The molecule has 0 aromatic heterocycles. The summed E-state index contributed by atoms with van der Waals surface area (Å²) in [6.45, 7) is 1.94. The molecule has 0 atom stereocenters. The lowest BCUT2D eigenvalue weighted by molar-refractivity contribution is 0.102. The molecule has 0 spiro atoms. The number of hydrogen-bond acceptors (Lipinski definition) is 2. The van der Waals surface area contributed by atoms with E-state index >= 15 is 0 Å². The molecule has 2 aliphatic rings. The first-order valence-electron chi connectivity index (χ1n) is 9.65. The van der Waals surface area contributed by atoms with Gasteiger partial charge in [0.15, 0.2) is 0 Å². The van der Waals surface area contributed by atoms with Crippen molar-refractivity contribution in [2.24, 2.45) is 11.8 Å². The Kier molecular flexibility index (Phi) is 4.84. The van der Waals surface area contributed by atoms with Gasteiger partial charge in [0.1, 0.15) is 0 Å². The Morgan fingerprint density at radius 2 is 1.59 bits per heavy atom. The van der Waals surface area contributed by atoms with Gasteiger partial charge >= 0.3 is 6.03 Å². The summed E-state index contributed by atoms with van der Waals surface area (Å²) in [5, 5.41) is 9.01. The number of rotatable bonds is 6. The molecule has 5 heteroatoms. The minimum Gasteiger partial charge on any atom is -0.335 e. The van der Waals surface area contributed by atoms with Crippen LogP contribution in [0.1, 0.15) is 41.6 Å². The smallest absolute Gasteiger partial charge is 0.319 e. The van der Waals surface area contributed by atoms with Gasteiger partial charge in [0.25, 0.3) is 5.91 Å². The summed E-state index contributed by atoms with van der Waals surface area (Å²) in [5.74, 6) is 1.14. The van der Waals surface area contributed by atoms with Crippen molar-refractivity contribution in [3.63, 3.8) is 0 Å². The lowest BCUT2D eigenvalue weighted by Crippen LogP contribution is -2.40. The molecule has 5 nitrogen and oxygen atoms in total. The highest BCUT2D eigenvalue weighted by atomic mass is 16.2. The van der Waals surface area contributed by atoms with Crippen LogP contribution in [-0.4, -0.2) is 18.0 Å². The third kappa shape index (κ3) is 4.48. The van der Waals surface area contributed by atoms with Crippen LogP contribution < -0.4 is 16.0 Å². The van der Waals surface area contributed by atoms with Crippen LogP contribution in [-0.2, 0) is 0 Å². The Bertz CT molecular complexity index is 830. The van der Waals surface area contributed by atoms with Gasteiger partial charge in [-0.1, -0.05) is 24.3 Å². The Morgan fingerprint density at radius 1 is 0.926 bits per heavy atom. The standard InChI is InChI=1S/C22H25N3O2/c1-14-7-12-18(23-21(26)17-5-3-2-4-6-17)13-19(14)24-22(27)25-20(15-8-9-15)16-10-11-16/h2-7,12-13,15-16,20H,8-11H2,1H3,(H,23,26)(H2,24,25,27). The molecule has 2 aromatic rings. The minimum absolute atomic E-state index is 0.159. The molecule has 3 N–H and O–H groups in total. The number of urea groups is 1. The van der Waals surface area contributed by atoms with Gasteiger partial charge in [0, 0.05) is 23.0 Å². The summed E-state index contributed by atoms with van der Waals surface area (Å²) >= 11 is 0. The number of carbonyl (C=O) groups excluding carboxylic acids is 2. The number of nitrogens with one attached hydrogen (secondary N) is 3. The fourth-order valence-electron chi connectivity index (χ4n) is 3.47. The Labute approximate surface area is 159 Å². The molecule has 0 unspecified atom stereocenters. The van der Waals surface area contributed by atoms with Gasteiger partial charge in [-0.15, -0.1) is 0 Å². The molecule has 140 valence electrons. The van der Waals surface area contributed by atoms with Crippen molar-refractivity contribution in [2.75, 3.05) is 10.6 Å². The summed E-state index contributed by atoms with van der Waals surface area (Å²) in [4.78, 5) is 24.8. The number of amides is 3. The van der Waals surface area contributed by atoms with Gasteiger partial charge < -0.3 is 16.0 Å². The van der Waals surface area contributed by atoms with Gasteiger partial charge in [-0.2, -0.15) is 0 Å². The zero-order chi connectivity index (χ0) is 18.8. The molecule has 27 heavy (non-hydrogen) atoms. The summed E-state index contributed by atoms with van der Waals surface area (Å²) in [6, 6.07) is 14.8. The predicted molar refractivity (Wildman–Crippen MR) is 107 cm³/mol. The fraction of sp³-hybridized carbons (Fsp3) is 0.364. The minimum atomic E-state index is -0.169. The van der Waals surface area contributed by atoms with Crippen molar-refractivity contribution in [1.82, 2.24) is 5.32 Å². The van der Waals surface area contributed by atoms with Crippen molar-refractivity contribution >= 4 is 23.3 Å². The molecule has 0 aliphatic heterocycles. The zero-order valence-corrected chi connectivity index (χ0v) is 15.5. The second-order valence-electron chi connectivity index (χ2n) is 7.65. The normalized spacial score (nSPS) is 16.1. The molecule has 4 rings (SSSR count). The highest BCUT2D eigenvalue weighted by molar-refractivity contribution is 6.04. The van der Waals surface area contributed by atoms with Gasteiger partial charge in [-0.3, -0.25) is 4.79 Å². The number of carbonyl (C=O) groups is 2. The molecule has 0 radical (unpaired) electrons. The number of benzene rings is 2. The van der Waals surface area contributed by atoms with Gasteiger partial charge in [0.05, 0.1) is 0 Å². The van der Waals surface area contributed by atoms with E-state index in [1.54, 1.807) is 18.2 Å². The second-order valence-corrected chi connectivity index (χ2v) is 7.65. The van der Waals surface area contributed by atoms with E-state index in [0.717, 1.165) is 5.56 Å². The molecule has 2 aliphatic carbocycles. The number of hydrogen-bond donors (Lipinski definition) is 3. The molecular formula is C22H25N3O2. The summed E-state index contributed by atoms with van der Waals surface area (Å²) in [7, 11) is 0. The first-order valence-corrected chi connectivity index (χ1v) is 9.65. The van der Waals surface area contributed by atoms with Crippen LogP contribution in [0, 0.1) is 18.8 Å². The average Bonchev–Trinajstić information content (AvgIpc) is 3.56. The average molecular weight is 363 g/mol. The Morgan fingerprint density at radius 3 is 2.22 bits per heavy atom. The van der Waals surface area contributed by atoms with E-state index in [9.17, 15) is 9.59 Å². The van der Waals surface area contributed by atoms with Crippen LogP contribution in [0.3, 0.4) is 0 Å². The molecule has 2 saturated carbocycles. The Balaban J connectivity index is 1.41. The van der Waals surface area contributed by atoms with Crippen molar-refractivity contribution in [3.05, 3.63) is 59.7 Å². The summed E-state index contributed by atoms with van der Waals surface area (Å²) in [5.41, 5.74) is 2.92. The van der Waals surface area contributed by atoms with E-state index in [2.05, 4.69) is 16.0 Å². The second kappa shape index (κ2) is 7.43. The van der Waals surface area contributed by atoms with Gasteiger partial charge in [-0.05, 0) is 74.3 Å². The lowest BCUT2D eigenvalue weighted by atomic mass is 10.1. The monoisotopic (exact) mass is 363 g/mol. The van der Waals surface area contributed by atoms with Crippen LogP contribution >= 0.6 is 0 Å². The lowest BCUT2D eigenvalue weighted by Gasteiger charge is -2.19. The van der Waals surface area contributed by atoms with Crippen molar-refractivity contribution in [2.45, 2.75) is 38.6 Å². The van der Waals surface area contributed by atoms with E-state index in [0.29, 0.717) is 34.8 Å². The molecule has 0 heterocycles. The maximum Gasteiger partial charge on any atom is 0.319 e. The van der Waals surface area contributed by atoms with Crippen LogP contribution in [0.15, 0.2) is 48.5 Å². The number of aryl methyl sites for hydroxylation is 1. The maximum atomic E-state index is 12.5. The third-order valence-corrected chi connectivity index (χ3v) is 5.34. The van der Waals surface area contributed by atoms with Crippen molar-refractivity contribution < 1.29 is 9.59 Å². The molecule has 0 bridgehead atoms. The van der Waals surface area contributed by atoms with Crippen LogP contribution in [0.2, 0.25) is 0 Å². The molecular weight excluding hydrogens is 338 g/mol. The van der Waals surface area contributed by atoms with E-state index in [4.69, 9.17) is 0 Å². The van der Waals surface area contributed by atoms with Gasteiger partial charge in [-0.25, -0.2) is 4.79 Å².